The van der Waals surface area contributed by atoms with Crippen molar-refractivity contribution < 1.29 is 31.1 Å². The molecule has 0 aromatic heterocycles. The summed E-state index contributed by atoms with van der Waals surface area (Å²) < 4.78 is 75.4. The summed E-state index contributed by atoms with van der Waals surface area (Å²) in [5, 5.41) is 0. The van der Waals surface area contributed by atoms with Crippen molar-refractivity contribution in [3.63, 3.8) is 0 Å². The second-order valence-corrected chi connectivity index (χ2v) is 3.86. The van der Waals surface area contributed by atoms with Crippen LogP contribution in [0.25, 0.3) is 0 Å². The van der Waals surface area contributed by atoms with Crippen molar-refractivity contribution in [3.05, 3.63) is 29.3 Å². The Morgan fingerprint density at radius 3 is 2.16 bits per heavy atom. The quantitative estimate of drug-likeness (QED) is 0.662. The molecule has 1 heterocycles. The van der Waals surface area contributed by atoms with Crippen LogP contribution in [0.1, 0.15) is 22.3 Å². The number of benzene rings is 1. The monoisotopic (exact) mass is 281 g/mol. The fourth-order valence-electron chi connectivity index (χ4n) is 1.70. The molecule has 0 atom stereocenters. The number of carbonyl (C=O) groups is 1. The van der Waals surface area contributed by atoms with E-state index in [9.17, 15) is 31.1 Å². The average molecular weight is 281 g/mol. The van der Waals surface area contributed by atoms with Crippen LogP contribution in [0.2, 0.25) is 0 Å². The number of aliphatic imine (C=N–C) groups is 1. The van der Waals surface area contributed by atoms with Crippen LogP contribution < -0.4 is 0 Å². The number of Topliss-reactive ketones (excluding diaryl/α,β-unsaturated/α-hetero) is 1. The summed E-state index contributed by atoms with van der Waals surface area (Å²) in [6.45, 7) is 0. The molecule has 2 nitrogen and oxygen atoms in total. The lowest BCUT2D eigenvalue weighted by molar-refractivity contribution is -0.137. The largest absolute Gasteiger partial charge is 0.429 e. The number of para-hydroxylation sites is 1. The number of rotatable bonds is 0. The van der Waals surface area contributed by atoms with Crippen LogP contribution in [-0.2, 0) is 6.18 Å². The fraction of sp³-hybridized carbons (Fsp3) is 0.273. The third kappa shape index (κ3) is 2.47. The first kappa shape index (κ1) is 13.6. The molecule has 0 radical (unpaired) electrons. The molecule has 0 N–H and O–H groups in total. The predicted octanol–water partition coefficient (Wildman–Crippen LogP) is 3.93. The average Bonchev–Trinajstić information content (AvgIpc) is 2.25. The molecular weight excluding hydrogens is 276 g/mol. The number of ketones is 1. The highest BCUT2D eigenvalue weighted by Gasteiger charge is 2.42. The highest BCUT2D eigenvalue weighted by molar-refractivity contribution is 6.17. The van der Waals surface area contributed by atoms with Crippen LogP contribution in [0.3, 0.4) is 0 Å². The van der Waals surface area contributed by atoms with Crippen molar-refractivity contribution in [2.75, 3.05) is 0 Å². The summed E-state index contributed by atoms with van der Waals surface area (Å²) in [5.41, 5.74) is -4.26. The van der Waals surface area contributed by atoms with E-state index < -0.39 is 47.1 Å². The predicted molar refractivity (Wildman–Crippen MR) is 53.5 cm³/mol. The van der Waals surface area contributed by atoms with Gasteiger partial charge in [-0.05, 0) is 12.1 Å². The first-order valence-corrected chi connectivity index (χ1v) is 4.99. The van der Waals surface area contributed by atoms with Gasteiger partial charge in [-0.25, -0.2) is 4.99 Å². The van der Waals surface area contributed by atoms with Gasteiger partial charge in [-0.1, -0.05) is 6.07 Å². The molecule has 1 aliphatic rings. The van der Waals surface area contributed by atoms with Gasteiger partial charge >= 0.3 is 12.4 Å². The summed E-state index contributed by atoms with van der Waals surface area (Å²) in [7, 11) is 0. The van der Waals surface area contributed by atoms with Gasteiger partial charge in [0.25, 0.3) is 0 Å². The van der Waals surface area contributed by atoms with E-state index in [2.05, 4.69) is 4.99 Å². The molecule has 0 saturated carbocycles. The normalized spacial score (nSPS) is 16.1. The Hall–Kier alpha value is -1.86. The first-order chi connectivity index (χ1) is 8.60. The Morgan fingerprint density at radius 2 is 1.63 bits per heavy atom. The molecule has 0 fully saturated rings. The molecule has 8 heteroatoms. The maximum absolute atomic E-state index is 12.7. The Labute approximate surface area is 102 Å². The van der Waals surface area contributed by atoms with E-state index >= 15 is 0 Å². The van der Waals surface area contributed by atoms with Gasteiger partial charge in [-0.2, -0.15) is 26.3 Å². The highest BCUT2D eigenvalue weighted by atomic mass is 19.4. The molecule has 102 valence electrons. The molecular formula is C11H5F6NO. The third-order valence-corrected chi connectivity index (χ3v) is 2.54. The molecule has 0 amide bonds. The molecule has 0 unspecified atom stereocenters. The van der Waals surface area contributed by atoms with E-state index in [0.29, 0.717) is 6.07 Å². The Morgan fingerprint density at radius 1 is 1.00 bits per heavy atom. The number of alkyl halides is 6. The minimum absolute atomic E-state index is 0.442. The topological polar surface area (TPSA) is 29.4 Å². The lowest BCUT2D eigenvalue weighted by Crippen LogP contribution is -2.28. The van der Waals surface area contributed by atoms with E-state index in [0.717, 1.165) is 12.1 Å². The minimum atomic E-state index is -4.92. The summed E-state index contributed by atoms with van der Waals surface area (Å²) >= 11 is 0. The molecule has 2 rings (SSSR count). The van der Waals surface area contributed by atoms with Gasteiger partial charge < -0.3 is 0 Å². The number of fused-ring (bicyclic) bond motifs is 1. The van der Waals surface area contributed by atoms with E-state index in [1.54, 1.807) is 0 Å². The van der Waals surface area contributed by atoms with Gasteiger partial charge in [0, 0.05) is 5.56 Å². The van der Waals surface area contributed by atoms with Crippen molar-refractivity contribution in [2.24, 2.45) is 4.99 Å². The molecule has 1 aromatic rings. The van der Waals surface area contributed by atoms with Gasteiger partial charge in [0.05, 0.1) is 17.7 Å². The molecule has 1 aliphatic heterocycles. The van der Waals surface area contributed by atoms with Crippen LogP contribution in [0.15, 0.2) is 23.2 Å². The van der Waals surface area contributed by atoms with Crippen molar-refractivity contribution in [2.45, 2.75) is 18.8 Å². The van der Waals surface area contributed by atoms with Crippen LogP contribution in [0, 0.1) is 0 Å². The number of nitrogens with zero attached hydrogens (tertiary/aromatic N) is 1. The highest BCUT2D eigenvalue weighted by Crippen LogP contribution is 2.41. The van der Waals surface area contributed by atoms with Gasteiger partial charge in [-0.15, -0.1) is 0 Å². The van der Waals surface area contributed by atoms with E-state index in [1.807, 2.05) is 0 Å². The van der Waals surface area contributed by atoms with Crippen LogP contribution in [0.5, 0.6) is 0 Å². The van der Waals surface area contributed by atoms with E-state index in [4.69, 9.17) is 0 Å². The number of hydrogen-bond acceptors (Lipinski definition) is 2. The van der Waals surface area contributed by atoms with Crippen molar-refractivity contribution in [1.82, 2.24) is 0 Å². The molecule has 0 bridgehead atoms. The third-order valence-electron chi connectivity index (χ3n) is 2.54. The zero-order valence-electron chi connectivity index (χ0n) is 9.06. The van der Waals surface area contributed by atoms with Crippen molar-refractivity contribution in [3.8, 4) is 0 Å². The maximum atomic E-state index is 12.7. The van der Waals surface area contributed by atoms with Crippen molar-refractivity contribution >= 4 is 17.2 Å². The molecule has 0 saturated heterocycles. The van der Waals surface area contributed by atoms with Crippen molar-refractivity contribution in [1.29, 1.82) is 0 Å². The van der Waals surface area contributed by atoms with Gasteiger partial charge in [0.2, 0.25) is 0 Å². The summed E-state index contributed by atoms with van der Waals surface area (Å²) in [6, 6.07) is 2.59. The zero-order valence-corrected chi connectivity index (χ0v) is 9.06. The maximum Gasteiger partial charge on any atom is 0.429 e. The number of hydrogen-bond donors (Lipinski definition) is 0. The molecule has 19 heavy (non-hydrogen) atoms. The Bertz CT molecular complexity index is 570. The van der Waals surface area contributed by atoms with E-state index in [-0.39, 0.29) is 0 Å². The second-order valence-electron chi connectivity index (χ2n) is 3.86. The lowest BCUT2D eigenvalue weighted by atomic mass is 9.96. The van der Waals surface area contributed by atoms with Gasteiger partial charge in [0.1, 0.15) is 5.71 Å². The zero-order chi connectivity index (χ0) is 14.4. The van der Waals surface area contributed by atoms with Crippen LogP contribution in [-0.4, -0.2) is 17.7 Å². The van der Waals surface area contributed by atoms with Crippen LogP contribution >= 0.6 is 0 Å². The standard InChI is InChI=1S/C11H5F6NO/c12-10(13,14)6-3-1-2-5-7(19)4-8(11(15,16)17)18-9(5)6/h1-3H,4H2. The first-order valence-electron chi connectivity index (χ1n) is 4.99. The SMILES string of the molecule is O=C1CC(C(F)(F)F)=Nc2c1cccc2C(F)(F)F. The molecule has 0 spiro atoms. The number of halogens is 6. The van der Waals surface area contributed by atoms with Gasteiger partial charge in [-0.3, -0.25) is 4.79 Å². The second kappa shape index (κ2) is 4.07. The Balaban J connectivity index is 2.68. The Kier molecular flexibility index (Phi) is 2.91. The summed E-state index contributed by atoms with van der Waals surface area (Å²) in [5.74, 6) is -1.02. The number of carbonyl (C=O) groups excluding carboxylic acids is 1. The summed E-state index contributed by atoms with van der Waals surface area (Å²) in [4.78, 5) is 14.5. The molecule has 0 aliphatic carbocycles. The van der Waals surface area contributed by atoms with Gasteiger partial charge in [0.15, 0.2) is 5.78 Å². The smallest absolute Gasteiger partial charge is 0.294 e. The molecule has 1 aromatic carbocycles. The van der Waals surface area contributed by atoms with E-state index in [1.165, 1.54) is 0 Å². The fourth-order valence-corrected chi connectivity index (χ4v) is 1.70. The summed E-state index contributed by atoms with van der Waals surface area (Å²) in [6.07, 6.45) is -10.8. The minimum Gasteiger partial charge on any atom is -0.294 e. The lowest BCUT2D eigenvalue weighted by Gasteiger charge is -2.19. The van der Waals surface area contributed by atoms with Crippen LogP contribution in [0.4, 0.5) is 32.0 Å².